The second kappa shape index (κ2) is 4.27. The fourth-order valence-corrected chi connectivity index (χ4v) is 2.14. The summed E-state index contributed by atoms with van der Waals surface area (Å²) < 4.78 is 1.32. The molecule has 0 spiro atoms. The summed E-state index contributed by atoms with van der Waals surface area (Å²) in [5.41, 5.74) is 0.538. The molecule has 18 heavy (non-hydrogen) atoms. The van der Waals surface area contributed by atoms with Gasteiger partial charge in [0.15, 0.2) is 5.15 Å². The number of aromatic nitrogens is 2. The van der Waals surface area contributed by atoms with E-state index in [1.165, 1.54) is 4.68 Å². The molecule has 0 saturated carbocycles. The van der Waals surface area contributed by atoms with Crippen molar-refractivity contribution >= 4 is 22.4 Å². The van der Waals surface area contributed by atoms with Gasteiger partial charge >= 0.3 is 0 Å². The average Bonchev–Trinajstić information content (AvgIpc) is 2.44. The Kier molecular flexibility index (Phi) is 2.61. The number of hydrogen-bond acceptors (Lipinski definition) is 2. The smallest absolute Gasteiger partial charge is 0.267 e. The van der Waals surface area contributed by atoms with Gasteiger partial charge < -0.3 is 0 Å². The third-order valence-corrected chi connectivity index (χ3v) is 3.04. The zero-order valence-corrected chi connectivity index (χ0v) is 10.1. The van der Waals surface area contributed by atoms with E-state index < -0.39 is 0 Å². The lowest BCUT2D eigenvalue weighted by Crippen LogP contribution is -2.21. The van der Waals surface area contributed by atoms with Crippen LogP contribution in [0.15, 0.2) is 59.4 Å². The molecule has 1 heterocycles. The summed E-state index contributed by atoms with van der Waals surface area (Å²) in [4.78, 5) is 12.3. The Morgan fingerprint density at radius 2 is 1.50 bits per heavy atom. The number of nitrogens with zero attached hydrogens (tertiary/aromatic N) is 2. The maximum atomic E-state index is 12.3. The van der Waals surface area contributed by atoms with Gasteiger partial charge in [0.2, 0.25) is 0 Å². The highest BCUT2D eigenvalue weighted by Gasteiger charge is 2.09. The van der Waals surface area contributed by atoms with Gasteiger partial charge in [-0.15, -0.1) is 0 Å². The topological polar surface area (TPSA) is 34.9 Å². The third kappa shape index (κ3) is 1.69. The number of halogens is 1. The highest BCUT2D eigenvalue weighted by molar-refractivity contribution is 6.34. The summed E-state index contributed by atoms with van der Waals surface area (Å²) in [6, 6.07) is 16.4. The molecule has 0 unspecified atom stereocenters. The van der Waals surface area contributed by atoms with Gasteiger partial charge in [0.05, 0.1) is 11.1 Å². The molecule has 0 amide bonds. The Morgan fingerprint density at radius 3 is 2.22 bits per heavy atom. The standard InChI is InChI=1S/C14H9ClN2O/c15-13-11-8-4-5-9-12(11)14(18)17(16-13)10-6-2-1-3-7-10/h1-9H. The molecule has 0 aliphatic rings. The second-order valence-corrected chi connectivity index (χ2v) is 4.25. The zero-order chi connectivity index (χ0) is 12.5. The predicted octanol–water partition coefficient (Wildman–Crippen LogP) is 3.04. The van der Waals surface area contributed by atoms with Gasteiger partial charge in [0.1, 0.15) is 0 Å². The fraction of sp³-hybridized carbons (Fsp3) is 0. The van der Waals surface area contributed by atoms with Crippen molar-refractivity contribution in [2.24, 2.45) is 0 Å². The fourth-order valence-electron chi connectivity index (χ4n) is 1.89. The minimum atomic E-state index is -0.166. The molecule has 1 aromatic heterocycles. The van der Waals surface area contributed by atoms with Crippen molar-refractivity contribution in [1.82, 2.24) is 9.78 Å². The van der Waals surface area contributed by atoms with E-state index >= 15 is 0 Å². The van der Waals surface area contributed by atoms with Crippen molar-refractivity contribution in [3.63, 3.8) is 0 Å². The second-order valence-electron chi connectivity index (χ2n) is 3.89. The molecule has 0 fully saturated rings. The van der Waals surface area contributed by atoms with Gasteiger partial charge in [-0.25, -0.2) is 0 Å². The zero-order valence-electron chi connectivity index (χ0n) is 9.38. The molecule has 2 aromatic carbocycles. The van der Waals surface area contributed by atoms with E-state index in [4.69, 9.17) is 11.6 Å². The van der Waals surface area contributed by atoms with Crippen LogP contribution in [0.2, 0.25) is 5.15 Å². The first-order valence-corrected chi connectivity index (χ1v) is 5.88. The van der Waals surface area contributed by atoms with Crippen LogP contribution in [0.25, 0.3) is 16.5 Å². The number of fused-ring (bicyclic) bond motifs is 1. The molecular formula is C14H9ClN2O. The summed E-state index contributed by atoms with van der Waals surface area (Å²) in [5.74, 6) is 0. The Hall–Kier alpha value is -2.13. The summed E-state index contributed by atoms with van der Waals surface area (Å²) in [6.07, 6.45) is 0. The maximum Gasteiger partial charge on any atom is 0.279 e. The average molecular weight is 257 g/mol. The van der Waals surface area contributed by atoms with Gasteiger partial charge in [-0.1, -0.05) is 48.0 Å². The number of rotatable bonds is 1. The van der Waals surface area contributed by atoms with E-state index in [-0.39, 0.29) is 5.56 Å². The molecule has 0 aliphatic carbocycles. The summed E-state index contributed by atoms with van der Waals surface area (Å²) in [7, 11) is 0. The van der Waals surface area contributed by atoms with E-state index in [9.17, 15) is 4.79 Å². The van der Waals surface area contributed by atoms with Crippen LogP contribution >= 0.6 is 11.6 Å². The SMILES string of the molecule is O=c1c2ccccc2c(Cl)nn1-c1ccccc1. The Labute approximate surface area is 108 Å². The molecule has 0 atom stereocenters. The quantitative estimate of drug-likeness (QED) is 0.671. The highest BCUT2D eigenvalue weighted by atomic mass is 35.5. The van der Waals surface area contributed by atoms with Crippen LogP contribution in [0.3, 0.4) is 0 Å². The minimum absolute atomic E-state index is 0.166. The monoisotopic (exact) mass is 256 g/mol. The van der Waals surface area contributed by atoms with Gasteiger partial charge in [0, 0.05) is 5.39 Å². The van der Waals surface area contributed by atoms with Crippen LogP contribution in [-0.4, -0.2) is 9.78 Å². The minimum Gasteiger partial charge on any atom is -0.267 e. The van der Waals surface area contributed by atoms with Gasteiger partial charge in [-0.2, -0.15) is 9.78 Å². The maximum absolute atomic E-state index is 12.3. The lowest BCUT2D eigenvalue weighted by Gasteiger charge is -2.07. The molecule has 0 bridgehead atoms. The number of hydrogen-bond donors (Lipinski definition) is 0. The van der Waals surface area contributed by atoms with Crippen molar-refractivity contribution in [2.75, 3.05) is 0 Å². The van der Waals surface area contributed by atoms with E-state index in [0.717, 1.165) is 0 Å². The number of para-hydroxylation sites is 1. The molecule has 0 saturated heterocycles. The molecule has 0 radical (unpaired) electrons. The predicted molar refractivity (Wildman–Crippen MR) is 72.4 cm³/mol. The van der Waals surface area contributed by atoms with Crippen LogP contribution in [0, 0.1) is 0 Å². The van der Waals surface area contributed by atoms with Crippen LogP contribution < -0.4 is 5.56 Å². The molecule has 88 valence electrons. The molecule has 0 aliphatic heterocycles. The Bertz CT molecular complexity index is 766. The van der Waals surface area contributed by atoms with Crippen molar-refractivity contribution in [3.05, 3.63) is 70.1 Å². The van der Waals surface area contributed by atoms with E-state index in [1.807, 2.05) is 42.5 Å². The third-order valence-electron chi connectivity index (χ3n) is 2.76. The van der Waals surface area contributed by atoms with Crippen LogP contribution in [0.4, 0.5) is 0 Å². The lowest BCUT2D eigenvalue weighted by molar-refractivity contribution is 0.822. The molecule has 3 aromatic rings. The lowest BCUT2D eigenvalue weighted by atomic mass is 10.2. The summed E-state index contributed by atoms with van der Waals surface area (Å²) >= 11 is 6.11. The van der Waals surface area contributed by atoms with E-state index in [1.54, 1.807) is 12.1 Å². The summed E-state index contributed by atoms with van der Waals surface area (Å²) in [6.45, 7) is 0. The molecular weight excluding hydrogens is 248 g/mol. The van der Waals surface area contributed by atoms with Crippen molar-refractivity contribution in [3.8, 4) is 5.69 Å². The summed E-state index contributed by atoms with van der Waals surface area (Å²) in [5, 5.41) is 5.72. The van der Waals surface area contributed by atoms with Gasteiger partial charge in [-0.05, 0) is 18.2 Å². The Balaban J connectivity index is 2.39. The first kappa shape index (κ1) is 11.0. The van der Waals surface area contributed by atoms with Crippen molar-refractivity contribution in [2.45, 2.75) is 0 Å². The van der Waals surface area contributed by atoms with Crippen LogP contribution in [0.5, 0.6) is 0 Å². The van der Waals surface area contributed by atoms with Crippen molar-refractivity contribution in [1.29, 1.82) is 0 Å². The molecule has 4 heteroatoms. The highest BCUT2D eigenvalue weighted by Crippen LogP contribution is 2.18. The largest absolute Gasteiger partial charge is 0.279 e. The van der Waals surface area contributed by atoms with E-state index in [0.29, 0.717) is 21.6 Å². The van der Waals surface area contributed by atoms with Crippen LogP contribution in [-0.2, 0) is 0 Å². The molecule has 3 rings (SSSR count). The van der Waals surface area contributed by atoms with Crippen molar-refractivity contribution < 1.29 is 0 Å². The van der Waals surface area contributed by atoms with E-state index in [2.05, 4.69) is 5.10 Å². The Morgan fingerprint density at radius 1 is 0.889 bits per heavy atom. The first-order chi connectivity index (χ1) is 8.77. The molecule has 3 nitrogen and oxygen atoms in total. The normalized spacial score (nSPS) is 10.7. The van der Waals surface area contributed by atoms with Gasteiger partial charge in [-0.3, -0.25) is 4.79 Å². The van der Waals surface area contributed by atoms with Gasteiger partial charge in [0.25, 0.3) is 5.56 Å². The number of benzene rings is 2. The van der Waals surface area contributed by atoms with Crippen LogP contribution in [0.1, 0.15) is 0 Å². The molecule has 0 N–H and O–H groups in total. The first-order valence-electron chi connectivity index (χ1n) is 5.50.